The first-order valence-electron chi connectivity index (χ1n) is 7.00. The highest BCUT2D eigenvalue weighted by Crippen LogP contribution is 2.41. The molecule has 1 aliphatic heterocycles. The van der Waals surface area contributed by atoms with Gasteiger partial charge in [-0.05, 0) is 19.8 Å². The highest BCUT2D eigenvalue weighted by atomic mass is 19.4. The number of aryl methyl sites for hydroxylation is 1. The molecule has 0 radical (unpaired) electrons. The number of anilines is 1. The van der Waals surface area contributed by atoms with Crippen molar-refractivity contribution < 1.29 is 22.7 Å². The molecule has 23 heavy (non-hydrogen) atoms. The Morgan fingerprint density at radius 1 is 1.57 bits per heavy atom. The van der Waals surface area contributed by atoms with Crippen LogP contribution in [0.15, 0.2) is 6.20 Å². The van der Waals surface area contributed by atoms with E-state index < -0.39 is 29.3 Å². The average Bonchev–Trinajstić information content (AvgIpc) is 2.88. The maximum atomic E-state index is 13.2. The molecule has 2 heterocycles. The molecule has 0 aromatic carbocycles. The normalized spacial score (nSPS) is 25.1. The fourth-order valence-electron chi connectivity index (χ4n) is 2.82. The van der Waals surface area contributed by atoms with E-state index in [-0.39, 0.29) is 18.7 Å². The monoisotopic (exact) mass is 330 g/mol. The Kier molecular flexibility index (Phi) is 4.28. The van der Waals surface area contributed by atoms with E-state index in [1.807, 2.05) is 0 Å². The van der Waals surface area contributed by atoms with Crippen LogP contribution < -0.4 is 4.90 Å². The molecule has 9 heteroatoms. The lowest BCUT2D eigenvalue weighted by Crippen LogP contribution is -2.53. The lowest BCUT2D eigenvalue weighted by Gasteiger charge is -2.43. The molecular formula is C14H17F3N4O2. The van der Waals surface area contributed by atoms with Gasteiger partial charge < -0.3 is 9.64 Å². The van der Waals surface area contributed by atoms with E-state index in [0.717, 1.165) is 4.68 Å². The van der Waals surface area contributed by atoms with Crippen molar-refractivity contribution in [3.05, 3.63) is 11.9 Å². The molecule has 1 saturated heterocycles. The Morgan fingerprint density at radius 3 is 2.74 bits per heavy atom. The van der Waals surface area contributed by atoms with Crippen molar-refractivity contribution >= 4 is 11.7 Å². The second-order valence-corrected chi connectivity index (χ2v) is 5.79. The fourth-order valence-corrected chi connectivity index (χ4v) is 2.82. The third-order valence-corrected chi connectivity index (χ3v) is 4.12. The van der Waals surface area contributed by atoms with E-state index >= 15 is 0 Å². The van der Waals surface area contributed by atoms with E-state index in [4.69, 9.17) is 0 Å². The van der Waals surface area contributed by atoms with Crippen LogP contribution in [-0.4, -0.2) is 34.9 Å². The summed E-state index contributed by atoms with van der Waals surface area (Å²) in [6, 6.07) is 2.06. The highest BCUT2D eigenvalue weighted by Gasteiger charge is 2.46. The van der Waals surface area contributed by atoms with Crippen LogP contribution in [0.2, 0.25) is 0 Å². The smallest absolute Gasteiger partial charge is 0.437 e. The molecule has 1 aromatic heterocycles. The number of nitrogens with zero attached hydrogens (tertiary/aromatic N) is 4. The summed E-state index contributed by atoms with van der Waals surface area (Å²) in [7, 11) is 2.61. The van der Waals surface area contributed by atoms with E-state index in [0.29, 0.717) is 6.42 Å². The van der Waals surface area contributed by atoms with Crippen molar-refractivity contribution in [2.45, 2.75) is 31.5 Å². The molecule has 126 valence electrons. The van der Waals surface area contributed by atoms with Gasteiger partial charge in [-0.25, -0.2) is 0 Å². The number of hydrogen-bond donors (Lipinski definition) is 0. The first-order chi connectivity index (χ1) is 10.6. The molecule has 0 saturated carbocycles. The summed E-state index contributed by atoms with van der Waals surface area (Å²) in [5.41, 5.74) is -2.40. The number of alkyl halides is 3. The predicted molar refractivity (Wildman–Crippen MR) is 74.3 cm³/mol. The zero-order valence-corrected chi connectivity index (χ0v) is 13.0. The van der Waals surface area contributed by atoms with Gasteiger partial charge in [0.25, 0.3) is 0 Å². The number of piperidine rings is 1. The minimum Gasteiger partial charge on any atom is -0.469 e. The largest absolute Gasteiger partial charge is 0.469 e. The number of esters is 1. The van der Waals surface area contributed by atoms with Crippen LogP contribution in [0.4, 0.5) is 18.9 Å². The van der Waals surface area contributed by atoms with Gasteiger partial charge in [-0.3, -0.25) is 9.48 Å². The quantitative estimate of drug-likeness (QED) is 0.777. The van der Waals surface area contributed by atoms with Gasteiger partial charge in [-0.1, -0.05) is 0 Å². The molecular weight excluding hydrogens is 313 g/mol. The first kappa shape index (κ1) is 17.1. The molecule has 0 amide bonds. The first-order valence-corrected chi connectivity index (χ1v) is 7.00. The van der Waals surface area contributed by atoms with Gasteiger partial charge in [-0.2, -0.15) is 23.5 Å². The van der Waals surface area contributed by atoms with E-state index in [1.165, 1.54) is 25.3 Å². The summed E-state index contributed by atoms with van der Waals surface area (Å²) in [6.07, 6.45) is -2.78. The second kappa shape index (κ2) is 5.76. The van der Waals surface area contributed by atoms with Crippen LogP contribution in [0.25, 0.3) is 0 Å². The molecule has 0 unspecified atom stereocenters. The minimum absolute atomic E-state index is 0.0223. The zero-order chi connectivity index (χ0) is 17.4. The predicted octanol–water partition coefficient (Wildman–Crippen LogP) is 2.11. The molecule has 1 aliphatic rings. The number of rotatable bonds is 2. The molecule has 0 aliphatic carbocycles. The highest BCUT2D eigenvalue weighted by molar-refractivity contribution is 5.74. The number of halogens is 3. The van der Waals surface area contributed by atoms with Gasteiger partial charge in [0.1, 0.15) is 5.54 Å². The van der Waals surface area contributed by atoms with Crippen molar-refractivity contribution in [1.82, 2.24) is 9.78 Å². The number of carbonyl (C=O) groups is 1. The van der Waals surface area contributed by atoms with Gasteiger partial charge in [0.15, 0.2) is 5.69 Å². The van der Waals surface area contributed by atoms with E-state index in [1.54, 1.807) is 6.92 Å². The number of carbonyl (C=O) groups excluding carboxylic acids is 1. The van der Waals surface area contributed by atoms with Crippen molar-refractivity contribution in [1.29, 1.82) is 5.26 Å². The van der Waals surface area contributed by atoms with Gasteiger partial charge in [-0.15, -0.1) is 0 Å². The second-order valence-electron chi connectivity index (χ2n) is 5.79. The number of hydrogen-bond acceptors (Lipinski definition) is 5. The molecule has 6 nitrogen and oxygen atoms in total. The molecule has 0 N–H and O–H groups in total. The summed E-state index contributed by atoms with van der Waals surface area (Å²) in [5, 5.41) is 12.9. The zero-order valence-electron chi connectivity index (χ0n) is 13.0. The van der Waals surface area contributed by atoms with Gasteiger partial charge in [0, 0.05) is 19.8 Å². The number of aromatic nitrogens is 2. The summed E-state index contributed by atoms with van der Waals surface area (Å²) >= 11 is 0. The van der Waals surface area contributed by atoms with Crippen LogP contribution in [0.1, 0.15) is 25.5 Å². The standard InChI is InChI=1S/C14H17F3N4O2/c1-13(8-18)5-4-9(12(22)23-3)6-21(13)10-7-20(2)19-11(10)14(15,16)17/h7,9H,4-6H2,1-3H3/t9-,13-/m1/s1. The summed E-state index contributed by atoms with van der Waals surface area (Å²) < 4.78 is 45.4. The van der Waals surface area contributed by atoms with Crippen molar-refractivity contribution in [3.63, 3.8) is 0 Å². The van der Waals surface area contributed by atoms with E-state index in [9.17, 15) is 23.2 Å². The molecule has 0 spiro atoms. The molecule has 1 fully saturated rings. The maximum Gasteiger partial charge on any atom is 0.437 e. The van der Waals surface area contributed by atoms with Crippen LogP contribution in [0.3, 0.4) is 0 Å². The molecule has 1 aromatic rings. The Bertz CT molecular complexity index is 649. The van der Waals surface area contributed by atoms with Crippen LogP contribution >= 0.6 is 0 Å². The van der Waals surface area contributed by atoms with Gasteiger partial charge >= 0.3 is 12.1 Å². The Balaban J connectivity index is 2.48. The number of ether oxygens (including phenoxy) is 1. The Hall–Kier alpha value is -2.24. The van der Waals surface area contributed by atoms with Crippen molar-refractivity contribution in [2.24, 2.45) is 13.0 Å². The Labute approximate surface area is 131 Å². The van der Waals surface area contributed by atoms with Crippen LogP contribution in [0, 0.1) is 17.2 Å². The van der Waals surface area contributed by atoms with Crippen molar-refractivity contribution in [2.75, 3.05) is 18.6 Å². The third-order valence-electron chi connectivity index (χ3n) is 4.12. The van der Waals surface area contributed by atoms with Gasteiger partial charge in [0.05, 0.1) is 24.8 Å². The molecule has 2 atom stereocenters. The summed E-state index contributed by atoms with van der Waals surface area (Å²) in [6.45, 7) is 1.54. The number of nitriles is 1. The average molecular weight is 330 g/mol. The van der Waals surface area contributed by atoms with Crippen LogP contribution in [-0.2, 0) is 22.8 Å². The summed E-state index contributed by atoms with van der Waals surface area (Å²) in [4.78, 5) is 13.1. The SMILES string of the molecule is COC(=O)[C@@H]1CC[C@](C)(C#N)N(c2cn(C)nc2C(F)(F)F)C1. The topological polar surface area (TPSA) is 71.2 Å². The maximum absolute atomic E-state index is 13.2. The lowest BCUT2D eigenvalue weighted by molar-refractivity contribution is -0.145. The fraction of sp³-hybridized carbons (Fsp3) is 0.643. The number of methoxy groups -OCH3 is 1. The lowest BCUT2D eigenvalue weighted by atomic mass is 9.84. The minimum atomic E-state index is -4.65. The van der Waals surface area contributed by atoms with Crippen LogP contribution in [0.5, 0.6) is 0 Å². The Morgan fingerprint density at radius 2 is 2.22 bits per heavy atom. The third kappa shape index (κ3) is 3.11. The molecule has 0 bridgehead atoms. The van der Waals surface area contributed by atoms with E-state index in [2.05, 4.69) is 15.9 Å². The van der Waals surface area contributed by atoms with Crippen molar-refractivity contribution in [3.8, 4) is 6.07 Å². The van der Waals surface area contributed by atoms with Gasteiger partial charge in [0.2, 0.25) is 0 Å². The summed E-state index contributed by atoms with van der Waals surface area (Å²) in [5.74, 6) is -1.07. The molecule has 2 rings (SSSR count).